The van der Waals surface area contributed by atoms with Gasteiger partial charge in [-0.05, 0) is 32.4 Å². The Labute approximate surface area is 189 Å². The minimum atomic E-state index is -4.00. The average Bonchev–Trinajstić information content (AvgIpc) is 2.61. The average molecular weight is 492 g/mol. The highest BCUT2D eigenvalue weighted by atomic mass is 35.5. The Morgan fingerprint density at radius 2 is 1.97 bits per heavy atom. The summed E-state index contributed by atoms with van der Waals surface area (Å²) in [6.45, 7) is 4.16. The molecule has 0 atom stereocenters. The van der Waals surface area contributed by atoms with Gasteiger partial charge in [-0.15, -0.1) is 0 Å². The van der Waals surface area contributed by atoms with Gasteiger partial charge in [0.05, 0.1) is 17.9 Å². The predicted octanol–water partition coefficient (Wildman–Crippen LogP) is 3.57. The monoisotopic (exact) mass is 491 g/mol. The zero-order chi connectivity index (χ0) is 22.8. The first kappa shape index (κ1) is 23.5. The maximum atomic E-state index is 14.5. The number of hydrogen-bond donors (Lipinski definition) is 1. The van der Waals surface area contributed by atoms with Gasteiger partial charge in [-0.3, -0.25) is 4.79 Å². The molecule has 1 aliphatic rings. The Balaban J connectivity index is 1.69. The number of halogens is 3. The molecule has 0 aliphatic carbocycles. The highest BCUT2D eigenvalue weighted by molar-refractivity contribution is 7.87. The van der Waals surface area contributed by atoms with E-state index in [9.17, 15) is 17.6 Å². The fourth-order valence-corrected chi connectivity index (χ4v) is 4.23. The number of nitrogens with zero attached hydrogens (tertiary/aromatic N) is 2. The van der Waals surface area contributed by atoms with Gasteiger partial charge in [-0.2, -0.15) is 12.7 Å². The maximum Gasteiger partial charge on any atom is 0.304 e. The zero-order valence-electron chi connectivity index (χ0n) is 16.7. The Kier molecular flexibility index (Phi) is 7.25. The Bertz CT molecular complexity index is 1090. The second kappa shape index (κ2) is 9.56. The maximum absolute atomic E-state index is 14.5. The van der Waals surface area contributed by atoms with Crippen LogP contribution in [0.2, 0.25) is 10.0 Å². The summed E-state index contributed by atoms with van der Waals surface area (Å²) in [4.78, 5) is 16.3. The smallest absolute Gasteiger partial charge is 0.304 e. The molecule has 2 heterocycles. The van der Waals surface area contributed by atoms with E-state index in [2.05, 4.69) is 4.98 Å². The van der Waals surface area contributed by atoms with E-state index in [1.165, 1.54) is 12.3 Å². The number of carbonyl (C=O) groups is 1. The lowest BCUT2D eigenvalue weighted by molar-refractivity contribution is 0.0973. The van der Waals surface area contributed by atoms with E-state index in [0.717, 1.165) is 16.4 Å². The molecule has 1 aromatic heterocycles. The lowest BCUT2D eigenvalue weighted by Crippen LogP contribution is -2.49. The number of pyridine rings is 1. The van der Waals surface area contributed by atoms with Crippen LogP contribution < -0.4 is 14.2 Å². The van der Waals surface area contributed by atoms with Gasteiger partial charge in [-0.1, -0.05) is 23.2 Å². The molecule has 168 valence electrons. The molecule has 1 N–H and O–H groups in total. The van der Waals surface area contributed by atoms with Crippen molar-refractivity contribution in [2.24, 2.45) is 0 Å². The second-order valence-corrected chi connectivity index (χ2v) is 9.51. The molecule has 3 rings (SSSR count). The summed E-state index contributed by atoms with van der Waals surface area (Å²) in [6.07, 6.45) is 2.00. The van der Waals surface area contributed by atoms with Crippen LogP contribution >= 0.6 is 23.2 Å². The van der Waals surface area contributed by atoms with Crippen molar-refractivity contribution in [3.8, 4) is 11.6 Å². The van der Waals surface area contributed by atoms with Crippen LogP contribution in [0.4, 0.5) is 4.39 Å². The Hall–Kier alpha value is -2.14. The summed E-state index contributed by atoms with van der Waals surface area (Å²) in [5.74, 6) is -1.47. The van der Waals surface area contributed by atoms with Gasteiger partial charge >= 0.3 is 10.2 Å². The SMILES string of the molecule is CC(C)Oc1ncc(OCc2cc(F)c(C(=O)NS(=O)(=O)N3CCC3)cc2Cl)cc1Cl. The number of rotatable bonds is 8. The number of ether oxygens (including phenoxy) is 2. The molecule has 12 heteroatoms. The van der Waals surface area contributed by atoms with Crippen molar-refractivity contribution in [2.45, 2.75) is 33.0 Å². The molecule has 2 aromatic rings. The van der Waals surface area contributed by atoms with E-state index in [0.29, 0.717) is 25.3 Å². The molecule has 0 spiro atoms. The van der Waals surface area contributed by atoms with Crippen molar-refractivity contribution in [1.29, 1.82) is 0 Å². The summed E-state index contributed by atoms with van der Waals surface area (Å²) in [7, 11) is -4.00. The van der Waals surface area contributed by atoms with E-state index in [4.69, 9.17) is 32.7 Å². The number of carbonyl (C=O) groups excluding carboxylic acids is 1. The van der Waals surface area contributed by atoms with Crippen molar-refractivity contribution < 1.29 is 27.1 Å². The number of nitrogens with one attached hydrogen (secondary N) is 1. The summed E-state index contributed by atoms with van der Waals surface area (Å²) in [5.41, 5.74) is -0.238. The van der Waals surface area contributed by atoms with E-state index < -0.39 is 27.5 Å². The van der Waals surface area contributed by atoms with E-state index in [1.54, 1.807) is 0 Å². The van der Waals surface area contributed by atoms with Crippen molar-refractivity contribution in [3.05, 3.63) is 51.4 Å². The van der Waals surface area contributed by atoms with Crippen molar-refractivity contribution in [2.75, 3.05) is 13.1 Å². The molecule has 1 saturated heterocycles. The standard InChI is InChI=1S/C19H20Cl2FN3O5S/c1-11(2)30-19-16(21)7-13(9-23-19)29-10-12-6-17(22)14(8-15(12)20)18(26)24-31(27,28)25-4-3-5-25/h6-9,11H,3-5,10H2,1-2H3,(H,24,26). The van der Waals surface area contributed by atoms with Crippen LogP contribution in [-0.2, 0) is 16.8 Å². The minimum absolute atomic E-state index is 0.0340. The van der Waals surface area contributed by atoms with E-state index in [1.807, 2.05) is 18.6 Å². The van der Waals surface area contributed by atoms with Gasteiger partial charge in [-0.25, -0.2) is 14.1 Å². The number of amides is 1. The third-order valence-corrected chi connectivity index (χ3v) is 6.39. The minimum Gasteiger partial charge on any atom is -0.487 e. The molecule has 1 aliphatic heterocycles. The molecule has 0 radical (unpaired) electrons. The molecular weight excluding hydrogens is 472 g/mol. The van der Waals surface area contributed by atoms with Crippen LogP contribution in [0.5, 0.6) is 11.6 Å². The fourth-order valence-electron chi connectivity index (χ4n) is 2.59. The molecule has 1 aromatic carbocycles. The number of benzene rings is 1. The first-order valence-electron chi connectivity index (χ1n) is 9.32. The third-order valence-electron chi connectivity index (χ3n) is 4.28. The summed E-state index contributed by atoms with van der Waals surface area (Å²) in [5, 5.41) is 0.283. The van der Waals surface area contributed by atoms with Crippen molar-refractivity contribution >= 4 is 39.3 Å². The van der Waals surface area contributed by atoms with Crippen LogP contribution in [0.3, 0.4) is 0 Å². The fraction of sp³-hybridized carbons (Fsp3) is 0.368. The second-order valence-electron chi connectivity index (χ2n) is 7.03. The molecule has 0 bridgehead atoms. The summed E-state index contributed by atoms with van der Waals surface area (Å²) in [6, 6.07) is 3.57. The molecule has 0 saturated carbocycles. The van der Waals surface area contributed by atoms with Gasteiger partial charge in [0.2, 0.25) is 5.88 Å². The van der Waals surface area contributed by atoms with Crippen molar-refractivity contribution in [1.82, 2.24) is 14.0 Å². The first-order chi connectivity index (χ1) is 14.6. The van der Waals surface area contributed by atoms with Gasteiger partial charge in [0.15, 0.2) is 0 Å². The van der Waals surface area contributed by atoms with E-state index in [-0.39, 0.29) is 34.2 Å². The van der Waals surface area contributed by atoms with Gasteiger partial charge < -0.3 is 9.47 Å². The number of hydrogen-bond acceptors (Lipinski definition) is 6. The molecule has 31 heavy (non-hydrogen) atoms. The van der Waals surface area contributed by atoms with Crippen LogP contribution in [0.25, 0.3) is 0 Å². The number of aromatic nitrogens is 1. The molecule has 8 nitrogen and oxygen atoms in total. The largest absolute Gasteiger partial charge is 0.487 e. The Morgan fingerprint density at radius 3 is 2.55 bits per heavy atom. The molecular formula is C19H20Cl2FN3O5S. The van der Waals surface area contributed by atoms with Crippen LogP contribution in [0.1, 0.15) is 36.2 Å². The third kappa shape index (κ3) is 5.76. The topological polar surface area (TPSA) is 97.8 Å². The predicted molar refractivity (Wildman–Crippen MR) is 113 cm³/mol. The Morgan fingerprint density at radius 1 is 1.26 bits per heavy atom. The lowest BCUT2D eigenvalue weighted by atomic mass is 10.1. The highest BCUT2D eigenvalue weighted by Gasteiger charge is 2.30. The van der Waals surface area contributed by atoms with E-state index >= 15 is 0 Å². The lowest BCUT2D eigenvalue weighted by Gasteiger charge is -2.29. The van der Waals surface area contributed by atoms with Crippen LogP contribution in [0.15, 0.2) is 24.4 Å². The molecule has 0 unspecified atom stereocenters. The zero-order valence-corrected chi connectivity index (χ0v) is 19.0. The highest BCUT2D eigenvalue weighted by Crippen LogP contribution is 2.28. The van der Waals surface area contributed by atoms with Gasteiger partial charge in [0.1, 0.15) is 23.2 Å². The van der Waals surface area contributed by atoms with Gasteiger partial charge in [0, 0.05) is 29.7 Å². The molecule has 1 amide bonds. The van der Waals surface area contributed by atoms with Crippen molar-refractivity contribution in [3.63, 3.8) is 0 Å². The molecule has 1 fully saturated rings. The normalized spacial score (nSPS) is 14.3. The quantitative estimate of drug-likeness (QED) is 0.605. The van der Waals surface area contributed by atoms with Gasteiger partial charge in [0.25, 0.3) is 5.91 Å². The van der Waals surface area contributed by atoms with Crippen LogP contribution in [0, 0.1) is 5.82 Å². The summed E-state index contributed by atoms with van der Waals surface area (Å²) < 4.78 is 52.4. The first-order valence-corrected chi connectivity index (χ1v) is 11.5. The van der Waals surface area contributed by atoms with Crippen LogP contribution in [-0.4, -0.2) is 42.8 Å². The summed E-state index contributed by atoms with van der Waals surface area (Å²) >= 11 is 12.3.